The Morgan fingerprint density at radius 1 is 1.60 bits per heavy atom. The molecule has 1 rings (SSSR count). The molecule has 4 heteroatoms. The second kappa shape index (κ2) is 5.36. The number of carbonyl (C=O) groups excluding carboxylic acids is 1. The van der Waals surface area contributed by atoms with E-state index >= 15 is 0 Å². The van der Waals surface area contributed by atoms with E-state index in [2.05, 4.69) is 10.1 Å². The summed E-state index contributed by atoms with van der Waals surface area (Å²) in [7, 11) is 1.35. The van der Waals surface area contributed by atoms with Crippen LogP contribution < -0.4 is 11.1 Å². The Morgan fingerprint density at radius 3 is 2.87 bits per heavy atom. The molecule has 0 aliphatic carbocycles. The van der Waals surface area contributed by atoms with Crippen molar-refractivity contribution in [2.24, 2.45) is 5.73 Å². The van der Waals surface area contributed by atoms with E-state index in [9.17, 15) is 4.79 Å². The van der Waals surface area contributed by atoms with E-state index in [1.165, 1.54) is 7.11 Å². The van der Waals surface area contributed by atoms with Gasteiger partial charge in [0.25, 0.3) is 0 Å². The average molecular weight is 208 g/mol. The van der Waals surface area contributed by atoms with Gasteiger partial charge in [0.1, 0.15) is 6.04 Å². The second-order valence-electron chi connectivity index (χ2n) is 3.33. The van der Waals surface area contributed by atoms with Crippen molar-refractivity contribution in [1.82, 2.24) is 0 Å². The van der Waals surface area contributed by atoms with Gasteiger partial charge in [-0.1, -0.05) is 12.1 Å². The molecule has 1 aromatic carbocycles. The third-order valence-electron chi connectivity index (χ3n) is 2.08. The normalized spacial score (nSPS) is 11.9. The molecule has 0 amide bonds. The average Bonchev–Trinajstić information content (AvgIpc) is 2.25. The van der Waals surface area contributed by atoms with Gasteiger partial charge < -0.3 is 15.8 Å². The van der Waals surface area contributed by atoms with Crippen LogP contribution in [-0.4, -0.2) is 25.7 Å². The maximum Gasteiger partial charge on any atom is 0.329 e. The van der Waals surface area contributed by atoms with Crippen molar-refractivity contribution in [2.45, 2.75) is 13.0 Å². The molecule has 0 heterocycles. The summed E-state index contributed by atoms with van der Waals surface area (Å²) in [6.07, 6.45) is 0. The van der Waals surface area contributed by atoms with Crippen molar-refractivity contribution < 1.29 is 9.53 Å². The number of aryl methyl sites for hydroxylation is 1. The number of hydrogen-bond donors (Lipinski definition) is 2. The van der Waals surface area contributed by atoms with Gasteiger partial charge in [-0.15, -0.1) is 0 Å². The Morgan fingerprint density at radius 2 is 2.33 bits per heavy atom. The quantitative estimate of drug-likeness (QED) is 0.722. The van der Waals surface area contributed by atoms with Crippen LogP contribution in [0.25, 0.3) is 0 Å². The molecule has 0 aliphatic heterocycles. The highest BCUT2D eigenvalue weighted by molar-refractivity contribution is 5.79. The van der Waals surface area contributed by atoms with Crippen molar-refractivity contribution in [1.29, 1.82) is 0 Å². The molecule has 0 bridgehead atoms. The van der Waals surface area contributed by atoms with E-state index in [0.29, 0.717) is 0 Å². The molecule has 1 unspecified atom stereocenters. The number of methoxy groups -OCH3 is 1. The van der Waals surface area contributed by atoms with E-state index in [0.717, 1.165) is 11.3 Å². The Labute approximate surface area is 89.4 Å². The molecule has 82 valence electrons. The van der Waals surface area contributed by atoms with Crippen molar-refractivity contribution in [3.63, 3.8) is 0 Å². The van der Waals surface area contributed by atoms with Crippen LogP contribution in [0.4, 0.5) is 5.69 Å². The standard InChI is InChI=1S/C11H16N2O2/c1-8-4-3-5-9(6-8)13-10(7-12)11(14)15-2/h3-6,10,13H,7,12H2,1-2H3. The molecular weight excluding hydrogens is 192 g/mol. The molecule has 0 aromatic heterocycles. The lowest BCUT2D eigenvalue weighted by atomic mass is 10.2. The van der Waals surface area contributed by atoms with Gasteiger partial charge in [0.2, 0.25) is 0 Å². The minimum Gasteiger partial charge on any atom is -0.467 e. The van der Waals surface area contributed by atoms with E-state index < -0.39 is 6.04 Å². The first-order valence-electron chi connectivity index (χ1n) is 4.78. The summed E-state index contributed by atoms with van der Waals surface area (Å²) < 4.78 is 4.62. The third kappa shape index (κ3) is 3.25. The van der Waals surface area contributed by atoms with Gasteiger partial charge in [-0.05, 0) is 24.6 Å². The Bertz CT molecular complexity index is 339. The molecule has 0 radical (unpaired) electrons. The highest BCUT2D eigenvalue weighted by Gasteiger charge is 2.16. The smallest absolute Gasteiger partial charge is 0.329 e. The summed E-state index contributed by atoms with van der Waals surface area (Å²) in [5, 5.41) is 3.02. The minimum absolute atomic E-state index is 0.209. The highest BCUT2D eigenvalue weighted by Crippen LogP contribution is 2.10. The van der Waals surface area contributed by atoms with Crippen LogP contribution in [0.3, 0.4) is 0 Å². The summed E-state index contributed by atoms with van der Waals surface area (Å²) in [6.45, 7) is 2.20. The molecule has 0 aliphatic rings. The molecule has 0 fully saturated rings. The molecule has 1 aromatic rings. The molecular formula is C11H16N2O2. The number of hydrogen-bond acceptors (Lipinski definition) is 4. The topological polar surface area (TPSA) is 64.3 Å². The molecule has 1 atom stereocenters. The number of nitrogens with two attached hydrogens (primary N) is 1. The fourth-order valence-corrected chi connectivity index (χ4v) is 1.29. The van der Waals surface area contributed by atoms with Crippen molar-refractivity contribution in [3.05, 3.63) is 29.8 Å². The monoisotopic (exact) mass is 208 g/mol. The van der Waals surface area contributed by atoms with Crippen LogP contribution in [0.5, 0.6) is 0 Å². The van der Waals surface area contributed by atoms with Crippen LogP contribution in [0.2, 0.25) is 0 Å². The van der Waals surface area contributed by atoms with Crippen LogP contribution in [0, 0.1) is 6.92 Å². The zero-order chi connectivity index (χ0) is 11.3. The first-order chi connectivity index (χ1) is 7.17. The Balaban J connectivity index is 2.70. The number of rotatable bonds is 4. The van der Waals surface area contributed by atoms with Gasteiger partial charge in [0, 0.05) is 12.2 Å². The lowest BCUT2D eigenvalue weighted by Gasteiger charge is -2.15. The minimum atomic E-state index is -0.489. The van der Waals surface area contributed by atoms with Gasteiger partial charge in [0.05, 0.1) is 7.11 Å². The lowest BCUT2D eigenvalue weighted by molar-refractivity contribution is -0.141. The maximum atomic E-state index is 11.3. The first kappa shape index (κ1) is 11.5. The van der Waals surface area contributed by atoms with Crippen LogP contribution in [0.1, 0.15) is 5.56 Å². The zero-order valence-electron chi connectivity index (χ0n) is 8.99. The largest absolute Gasteiger partial charge is 0.467 e. The number of benzene rings is 1. The van der Waals surface area contributed by atoms with Gasteiger partial charge in [0.15, 0.2) is 0 Å². The Kier molecular flexibility index (Phi) is 4.12. The molecule has 15 heavy (non-hydrogen) atoms. The zero-order valence-corrected chi connectivity index (χ0v) is 8.99. The van der Waals surface area contributed by atoms with Crippen LogP contribution in [0.15, 0.2) is 24.3 Å². The van der Waals surface area contributed by atoms with E-state index in [1.807, 2.05) is 31.2 Å². The van der Waals surface area contributed by atoms with Crippen LogP contribution in [-0.2, 0) is 9.53 Å². The fraction of sp³-hybridized carbons (Fsp3) is 0.364. The number of ether oxygens (including phenoxy) is 1. The van der Waals surface area contributed by atoms with Gasteiger partial charge in [-0.25, -0.2) is 4.79 Å². The summed E-state index contributed by atoms with van der Waals surface area (Å²) in [5.74, 6) is -0.348. The first-order valence-corrected chi connectivity index (χ1v) is 4.78. The predicted octanol–water partition coefficient (Wildman–Crippen LogP) is 0.907. The molecule has 0 saturated heterocycles. The predicted molar refractivity (Wildman–Crippen MR) is 59.7 cm³/mol. The molecule has 0 spiro atoms. The summed E-state index contributed by atoms with van der Waals surface area (Å²) in [5.41, 5.74) is 7.47. The highest BCUT2D eigenvalue weighted by atomic mass is 16.5. The van der Waals surface area contributed by atoms with E-state index in [4.69, 9.17) is 5.73 Å². The maximum absolute atomic E-state index is 11.3. The number of esters is 1. The van der Waals surface area contributed by atoms with Crippen LogP contribution >= 0.6 is 0 Å². The molecule has 3 N–H and O–H groups in total. The third-order valence-corrected chi connectivity index (χ3v) is 2.08. The summed E-state index contributed by atoms with van der Waals surface area (Å²) in [4.78, 5) is 11.3. The molecule has 0 saturated carbocycles. The van der Waals surface area contributed by atoms with Gasteiger partial charge in [-0.3, -0.25) is 0 Å². The van der Waals surface area contributed by atoms with Crippen molar-refractivity contribution >= 4 is 11.7 Å². The van der Waals surface area contributed by atoms with Crippen molar-refractivity contribution in [3.8, 4) is 0 Å². The molecule has 4 nitrogen and oxygen atoms in total. The van der Waals surface area contributed by atoms with Gasteiger partial charge in [-0.2, -0.15) is 0 Å². The van der Waals surface area contributed by atoms with Crippen molar-refractivity contribution in [2.75, 3.05) is 19.0 Å². The summed E-state index contributed by atoms with van der Waals surface area (Å²) in [6, 6.07) is 7.25. The second-order valence-corrected chi connectivity index (χ2v) is 3.33. The SMILES string of the molecule is COC(=O)C(CN)Nc1cccc(C)c1. The lowest BCUT2D eigenvalue weighted by Crippen LogP contribution is -2.37. The number of carbonyl (C=O) groups is 1. The van der Waals surface area contributed by atoms with Gasteiger partial charge >= 0.3 is 5.97 Å². The number of nitrogens with one attached hydrogen (secondary N) is 1. The van der Waals surface area contributed by atoms with E-state index in [-0.39, 0.29) is 12.5 Å². The van der Waals surface area contributed by atoms with E-state index in [1.54, 1.807) is 0 Å². The number of anilines is 1. The summed E-state index contributed by atoms with van der Waals surface area (Å²) >= 11 is 0. The fourth-order valence-electron chi connectivity index (χ4n) is 1.29. The Hall–Kier alpha value is -1.55.